The molecule has 0 radical (unpaired) electrons. The second-order valence-corrected chi connectivity index (χ2v) is 5.67. The van der Waals surface area contributed by atoms with Crippen LogP contribution < -0.4 is 5.32 Å². The Morgan fingerprint density at radius 2 is 1.75 bits per heavy atom. The number of pyridine rings is 1. The molecule has 3 heteroatoms. The minimum absolute atomic E-state index is 0.886. The zero-order valence-corrected chi connectivity index (χ0v) is 12.2. The van der Waals surface area contributed by atoms with E-state index in [0.29, 0.717) is 0 Å². The van der Waals surface area contributed by atoms with Crippen LogP contribution in [0.3, 0.4) is 0 Å². The average molecular weight is 280 g/mol. The average Bonchev–Trinajstić information content (AvgIpc) is 2.48. The highest BCUT2D eigenvalue weighted by atomic mass is 32.2. The molecule has 1 aromatic heterocycles. The third-order valence-electron chi connectivity index (χ3n) is 3.05. The molecule has 1 N–H and O–H groups in total. The second-order valence-electron chi connectivity index (χ2n) is 4.52. The predicted molar refractivity (Wildman–Crippen MR) is 86.5 cm³/mol. The van der Waals surface area contributed by atoms with Crippen molar-refractivity contribution >= 4 is 28.4 Å². The van der Waals surface area contributed by atoms with Gasteiger partial charge in [0.2, 0.25) is 0 Å². The molecule has 0 aliphatic carbocycles. The third kappa shape index (κ3) is 2.94. The summed E-state index contributed by atoms with van der Waals surface area (Å²) in [6, 6.07) is 19.1. The minimum atomic E-state index is 0.886. The van der Waals surface area contributed by atoms with Crippen molar-refractivity contribution in [1.82, 2.24) is 4.98 Å². The van der Waals surface area contributed by atoms with Crippen molar-refractivity contribution in [2.24, 2.45) is 0 Å². The molecule has 3 aromatic rings. The van der Waals surface area contributed by atoms with Gasteiger partial charge in [-0.05, 0) is 42.0 Å². The summed E-state index contributed by atoms with van der Waals surface area (Å²) in [5.41, 5.74) is 0. The molecule has 100 valence electrons. The molecular formula is C17H16N2S. The van der Waals surface area contributed by atoms with E-state index in [9.17, 15) is 0 Å². The molecular weight excluding hydrogens is 264 g/mol. The van der Waals surface area contributed by atoms with Crippen molar-refractivity contribution in [3.63, 3.8) is 0 Å². The van der Waals surface area contributed by atoms with Crippen LogP contribution in [0.25, 0.3) is 10.8 Å². The van der Waals surface area contributed by atoms with Gasteiger partial charge in [0.1, 0.15) is 5.82 Å². The van der Waals surface area contributed by atoms with E-state index < -0.39 is 0 Å². The largest absolute Gasteiger partial charge is 0.370 e. The second kappa shape index (κ2) is 5.97. The van der Waals surface area contributed by atoms with Crippen molar-refractivity contribution in [2.75, 3.05) is 11.9 Å². The van der Waals surface area contributed by atoms with E-state index in [1.165, 1.54) is 20.6 Å². The van der Waals surface area contributed by atoms with Crippen LogP contribution in [0.15, 0.2) is 70.6 Å². The van der Waals surface area contributed by atoms with Crippen molar-refractivity contribution < 1.29 is 0 Å². The van der Waals surface area contributed by atoms with Gasteiger partial charge in [-0.2, -0.15) is 0 Å². The molecule has 20 heavy (non-hydrogen) atoms. The fraction of sp³-hybridized carbons (Fsp3) is 0.118. The zero-order chi connectivity index (χ0) is 13.8. The summed E-state index contributed by atoms with van der Waals surface area (Å²) in [6.07, 6.45) is 1.85. The lowest BCUT2D eigenvalue weighted by atomic mass is 10.1. The lowest BCUT2D eigenvalue weighted by Crippen LogP contribution is -1.98. The van der Waals surface area contributed by atoms with Gasteiger partial charge in [0.25, 0.3) is 0 Å². The third-order valence-corrected chi connectivity index (χ3v) is 4.03. The van der Waals surface area contributed by atoms with E-state index in [-0.39, 0.29) is 0 Å². The van der Waals surface area contributed by atoms with Crippen molar-refractivity contribution in [3.8, 4) is 0 Å². The maximum atomic E-state index is 4.30. The Kier molecular flexibility index (Phi) is 3.88. The minimum Gasteiger partial charge on any atom is -0.370 e. The predicted octanol–water partition coefficient (Wildman–Crippen LogP) is 4.82. The van der Waals surface area contributed by atoms with Crippen LogP contribution in [0, 0.1) is 0 Å². The lowest BCUT2D eigenvalue weighted by Gasteiger charge is -2.06. The molecule has 0 aliphatic heterocycles. The fourth-order valence-electron chi connectivity index (χ4n) is 2.12. The molecule has 2 aromatic carbocycles. The molecule has 1 heterocycles. The molecule has 0 unspecified atom stereocenters. The standard InChI is InChI=1S/C17H16N2S/c1-2-18-17-12-16(9-10-19-17)20-15-8-7-13-5-3-4-6-14(13)11-15/h3-12H,2H2,1H3,(H,18,19). The van der Waals surface area contributed by atoms with Crippen LogP contribution in [0.4, 0.5) is 5.82 Å². The van der Waals surface area contributed by atoms with E-state index >= 15 is 0 Å². The normalized spacial score (nSPS) is 10.7. The van der Waals surface area contributed by atoms with Gasteiger partial charge >= 0.3 is 0 Å². The summed E-state index contributed by atoms with van der Waals surface area (Å²) in [5, 5.41) is 5.79. The number of hydrogen-bond donors (Lipinski definition) is 1. The molecule has 0 atom stereocenters. The topological polar surface area (TPSA) is 24.9 Å². The SMILES string of the molecule is CCNc1cc(Sc2ccc3ccccc3c2)ccn1. The summed E-state index contributed by atoms with van der Waals surface area (Å²) in [5.74, 6) is 0.929. The highest BCUT2D eigenvalue weighted by Crippen LogP contribution is 2.30. The van der Waals surface area contributed by atoms with Gasteiger partial charge in [-0.3, -0.25) is 0 Å². The first-order valence-electron chi connectivity index (χ1n) is 6.72. The molecule has 0 amide bonds. The van der Waals surface area contributed by atoms with Crippen LogP contribution in [0.1, 0.15) is 6.92 Å². The Morgan fingerprint density at radius 1 is 0.950 bits per heavy atom. The number of aromatic nitrogens is 1. The number of hydrogen-bond acceptors (Lipinski definition) is 3. The van der Waals surface area contributed by atoms with Crippen LogP contribution in [-0.4, -0.2) is 11.5 Å². The van der Waals surface area contributed by atoms with E-state index in [1.807, 2.05) is 12.3 Å². The Morgan fingerprint density at radius 3 is 2.60 bits per heavy atom. The summed E-state index contributed by atoms with van der Waals surface area (Å²) in [7, 11) is 0. The van der Waals surface area contributed by atoms with Gasteiger partial charge in [0.05, 0.1) is 0 Å². The maximum Gasteiger partial charge on any atom is 0.126 e. The Bertz CT molecular complexity index is 725. The van der Waals surface area contributed by atoms with Gasteiger partial charge in [0, 0.05) is 22.5 Å². The molecule has 0 saturated carbocycles. The monoisotopic (exact) mass is 280 g/mol. The number of anilines is 1. The Labute approximate surface area is 123 Å². The molecule has 0 saturated heterocycles. The van der Waals surface area contributed by atoms with E-state index in [4.69, 9.17) is 0 Å². The molecule has 0 bridgehead atoms. The number of fused-ring (bicyclic) bond motifs is 1. The van der Waals surface area contributed by atoms with Crippen LogP contribution >= 0.6 is 11.8 Å². The molecule has 0 aliphatic rings. The summed E-state index contributed by atoms with van der Waals surface area (Å²) in [6.45, 7) is 2.96. The summed E-state index contributed by atoms with van der Waals surface area (Å²) < 4.78 is 0. The highest BCUT2D eigenvalue weighted by molar-refractivity contribution is 7.99. The molecule has 0 spiro atoms. The number of nitrogens with one attached hydrogen (secondary N) is 1. The van der Waals surface area contributed by atoms with Crippen molar-refractivity contribution in [2.45, 2.75) is 16.7 Å². The number of benzene rings is 2. The summed E-state index contributed by atoms with van der Waals surface area (Å²) >= 11 is 1.76. The summed E-state index contributed by atoms with van der Waals surface area (Å²) in [4.78, 5) is 6.74. The van der Waals surface area contributed by atoms with E-state index in [2.05, 4.69) is 65.8 Å². The van der Waals surface area contributed by atoms with E-state index in [0.717, 1.165) is 12.4 Å². The maximum absolute atomic E-state index is 4.30. The number of nitrogens with zero attached hydrogens (tertiary/aromatic N) is 1. The lowest BCUT2D eigenvalue weighted by molar-refractivity contribution is 1.14. The quantitative estimate of drug-likeness (QED) is 0.741. The number of rotatable bonds is 4. The Hall–Kier alpha value is -2.00. The van der Waals surface area contributed by atoms with Gasteiger partial charge in [-0.25, -0.2) is 4.98 Å². The first-order chi connectivity index (χ1) is 9.85. The molecule has 2 nitrogen and oxygen atoms in total. The van der Waals surface area contributed by atoms with Crippen molar-refractivity contribution in [1.29, 1.82) is 0 Å². The van der Waals surface area contributed by atoms with Gasteiger partial charge in [0.15, 0.2) is 0 Å². The van der Waals surface area contributed by atoms with Crippen LogP contribution in [0.5, 0.6) is 0 Å². The van der Waals surface area contributed by atoms with Crippen LogP contribution in [-0.2, 0) is 0 Å². The van der Waals surface area contributed by atoms with Crippen LogP contribution in [0.2, 0.25) is 0 Å². The molecule has 0 fully saturated rings. The van der Waals surface area contributed by atoms with Gasteiger partial charge in [-0.1, -0.05) is 42.1 Å². The van der Waals surface area contributed by atoms with Gasteiger partial charge < -0.3 is 5.32 Å². The molecule has 3 rings (SSSR count). The van der Waals surface area contributed by atoms with E-state index in [1.54, 1.807) is 11.8 Å². The van der Waals surface area contributed by atoms with Gasteiger partial charge in [-0.15, -0.1) is 0 Å². The fourth-order valence-corrected chi connectivity index (χ4v) is 3.01. The first kappa shape index (κ1) is 13.0. The first-order valence-corrected chi connectivity index (χ1v) is 7.53. The highest BCUT2D eigenvalue weighted by Gasteiger charge is 2.01. The Balaban J connectivity index is 1.87. The zero-order valence-electron chi connectivity index (χ0n) is 11.3. The van der Waals surface area contributed by atoms with Crippen molar-refractivity contribution in [3.05, 3.63) is 60.8 Å². The smallest absolute Gasteiger partial charge is 0.126 e.